The minimum Gasteiger partial charge on any atom is -0.484 e. The van der Waals surface area contributed by atoms with Crippen LogP contribution in [0.5, 0.6) is 5.75 Å². The van der Waals surface area contributed by atoms with E-state index in [0.29, 0.717) is 16.3 Å². The third-order valence-electron chi connectivity index (χ3n) is 3.77. The van der Waals surface area contributed by atoms with E-state index in [1.807, 2.05) is 0 Å². The Hall–Kier alpha value is -3.68. The van der Waals surface area contributed by atoms with Gasteiger partial charge in [0.15, 0.2) is 6.61 Å². The highest BCUT2D eigenvalue weighted by molar-refractivity contribution is 6.21. The van der Waals surface area contributed by atoms with Crippen LogP contribution in [0.1, 0.15) is 38.0 Å². The summed E-state index contributed by atoms with van der Waals surface area (Å²) in [6.45, 7) is 1.57. The number of hydrazine groups is 1. The van der Waals surface area contributed by atoms with E-state index in [1.54, 1.807) is 19.1 Å². The van der Waals surface area contributed by atoms with Crippen molar-refractivity contribution >= 4 is 23.7 Å². The second-order valence-corrected chi connectivity index (χ2v) is 5.56. The predicted octanol–water partition coefficient (Wildman–Crippen LogP) is 1.57. The van der Waals surface area contributed by atoms with Crippen molar-refractivity contribution in [3.8, 4) is 5.75 Å². The SMILES string of the molecule is CCOC(=O)c1ccc(OCC(=O)NN2C(=O)c3ccccc3C2=O)cc1. The molecule has 1 aliphatic rings. The summed E-state index contributed by atoms with van der Waals surface area (Å²) in [5.74, 6) is -1.96. The highest BCUT2D eigenvalue weighted by Gasteiger charge is 2.36. The first-order valence-corrected chi connectivity index (χ1v) is 8.18. The first-order valence-electron chi connectivity index (χ1n) is 8.18. The molecule has 3 rings (SSSR count). The van der Waals surface area contributed by atoms with Crippen molar-refractivity contribution < 1.29 is 28.7 Å². The number of nitrogens with zero attached hydrogens (tertiary/aromatic N) is 1. The molecule has 0 spiro atoms. The Morgan fingerprint density at radius 1 is 0.963 bits per heavy atom. The molecule has 1 aliphatic heterocycles. The largest absolute Gasteiger partial charge is 0.484 e. The average molecular weight is 368 g/mol. The molecule has 0 aliphatic carbocycles. The number of amides is 3. The molecule has 0 saturated carbocycles. The molecule has 138 valence electrons. The standard InChI is InChI=1S/C19H16N2O6/c1-2-26-19(25)12-7-9-13(10-8-12)27-11-16(22)20-21-17(23)14-5-3-4-6-15(14)18(21)24/h3-10H,2,11H2,1H3,(H,20,22). The Morgan fingerprint density at radius 3 is 2.11 bits per heavy atom. The lowest BCUT2D eigenvalue weighted by Gasteiger charge is -2.15. The van der Waals surface area contributed by atoms with Crippen LogP contribution in [-0.4, -0.2) is 41.9 Å². The third-order valence-corrected chi connectivity index (χ3v) is 3.77. The van der Waals surface area contributed by atoms with E-state index in [9.17, 15) is 19.2 Å². The van der Waals surface area contributed by atoms with Crippen LogP contribution in [0.25, 0.3) is 0 Å². The van der Waals surface area contributed by atoms with Gasteiger partial charge in [-0.2, -0.15) is 5.01 Å². The van der Waals surface area contributed by atoms with Crippen LogP contribution in [0.3, 0.4) is 0 Å². The first-order chi connectivity index (χ1) is 13.0. The highest BCUT2D eigenvalue weighted by Crippen LogP contribution is 2.20. The molecule has 0 unspecified atom stereocenters. The maximum Gasteiger partial charge on any atom is 0.338 e. The van der Waals surface area contributed by atoms with Gasteiger partial charge in [-0.25, -0.2) is 4.79 Å². The Morgan fingerprint density at radius 2 is 1.56 bits per heavy atom. The Balaban J connectivity index is 1.56. The van der Waals surface area contributed by atoms with E-state index in [2.05, 4.69) is 5.43 Å². The van der Waals surface area contributed by atoms with Crippen LogP contribution in [-0.2, 0) is 9.53 Å². The van der Waals surface area contributed by atoms with E-state index in [0.717, 1.165) is 0 Å². The normalized spacial score (nSPS) is 12.6. The van der Waals surface area contributed by atoms with Gasteiger partial charge in [0.05, 0.1) is 23.3 Å². The second-order valence-electron chi connectivity index (χ2n) is 5.56. The first kappa shape index (κ1) is 18.1. The molecule has 8 nitrogen and oxygen atoms in total. The molecule has 1 N–H and O–H groups in total. The number of hydrogen-bond acceptors (Lipinski definition) is 6. The molecule has 2 aromatic rings. The van der Waals surface area contributed by atoms with Gasteiger partial charge in [0.25, 0.3) is 17.7 Å². The molecule has 0 atom stereocenters. The van der Waals surface area contributed by atoms with E-state index >= 15 is 0 Å². The van der Waals surface area contributed by atoms with Gasteiger partial charge in [0.2, 0.25) is 0 Å². The molecular weight excluding hydrogens is 352 g/mol. The van der Waals surface area contributed by atoms with Crippen molar-refractivity contribution in [2.75, 3.05) is 13.2 Å². The summed E-state index contributed by atoms with van der Waals surface area (Å²) in [5, 5.41) is 0.667. The monoisotopic (exact) mass is 368 g/mol. The zero-order valence-electron chi connectivity index (χ0n) is 14.4. The number of esters is 1. The molecule has 1 heterocycles. The molecule has 0 radical (unpaired) electrons. The fourth-order valence-electron chi connectivity index (χ4n) is 2.50. The van der Waals surface area contributed by atoms with Gasteiger partial charge < -0.3 is 9.47 Å². The maximum atomic E-state index is 12.2. The molecule has 0 aromatic heterocycles. The lowest BCUT2D eigenvalue weighted by molar-refractivity contribution is -0.126. The highest BCUT2D eigenvalue weighted by atomic mass is 16.5. The second kappa shape index (κ2) is 7.69. The van der Waals surface area contributed by atoms with Crippen LogP contribution in [0, 0.1) is 0 Å². The molecule has 0 fully saturated rings. The lowest BCUT2D eigenvalue weighted by Crippen LogP contribution is -2.47. The van der Waals surface area contributed by atoms with Crippen molar-refractivity contribution in [1.82, 2.24) is 10.4 Å². The summed E-state index contributed by atoms with van der Waals surface area (Å²) in [4.78, 5) is 47.9. The molecule has 0 saturated heterocycles. The fourth-order valence-corrected chi connectivity index (χ4v) is 2.50. The van der Waals surface area contributed by atoms with Gasteiger partial charge in [-0.05, 0) is 43.3 Å². The number of imide groups is 1. The molecule has 27 heavy (non-hydrogen) atoms. The number of fused-ring (bicyclic) bond motifs is 1. The van der Waals surface area contributed by atoms with Gasteiger partial charge in [-0.3, -0.25) is 19.8 Å². The number of rotatable bonds is 6. The van der Waals surface area contributed by atoms with Crippen molar-refractivity contribution in [2.24, 2.45) is 0 Å². The van der Waals surface area contributed by atoms with Gasteiger partial charge in [-0.15, -0.1) is 0 Å². The zero-order chi connectivity index (χ0) is 19.4. The smallest absolute Gasteiger partial charge is 0.338 e. The Labute approximate surface area is 154 Å². The number of benzene rings is 2. The van der Waals surface area contributed by atoms with E-state index in [-0.39, 0.29) is 17.7 Å². The van der Waals surface area contributed by atoms with Crippen molar-refractivity contribution in [1.29, 1.82) is 0 Å². The fraction of sp³-hybridized carbons (Fsp3) is 0.158. The molecule has 3 amide bonds. The predicted molar refractivity (Wildman–Crippen MR) is 93.0 cm³/mol. The summed E-state index contributed by atoms with van der Waals surface area (Å²) < 4.78 is 10.2. The molecular formula is C19H16N2O6. The van der Waals surface area contributed by atoms with E-state index < -0.39 is 30.3 Å². The van der Waals surface area contributed by atoms with Gasteiger partial charge >= 0.3 is 5.97 Å². The molecule has 8 heteroatoms. The minimum absolute atomic E-state index is 0.235. The van der Waals surface area contributed by atoms with Crippen LogP contribution < -0.4 is 10.2 Å². The third kappa shape index (κ3) is 3.79. The van der Waals surface area contributed by atoms with Crippen molar-refractivity contribution in [3.05, 3.63) is 65.2 Å². The number of ether oxygens (including phenoxy) is 2. The summed E-state index contributed by atoms with van der Waals surface area (Å²) in [5.41, 5.74) is 3.07. The minimum atomic E-state index is -0.668. The van der Waals surface area contributed by atoms with Crippen LogP contribution >= 0.6 is 0 Å². The number of nitrogens with one attached hydrogen (secondary N) is 1. The van der Waals surface area contributed by atoms with Crippen LogP contribution in [0.4, 0.5) is 0 Å². The van der Waals surface area contributed by atoms with Crippen molar-refractivity contribution in [3.63, 3.8) is 0 Å². The summed E-state index contributed by atoms with van der Waals surface area (Å²) in [6, 6.07) is 12.4. The van der Waals surface area contributed by atoms with Gasteiger partial charge in [-0.1, -0.05) is 12.1 Å². The zero-order valence-corrected chi connectivity index (χ0v) is 14.4. The average Bonchev–Trinajstić information content (AvgIpc) is 2.92. The van der Waals surface area contributed by atoms with Gasteiger partial charge in [0, 0.05) is 0 Å². The van der Waals surface area contributed by atoms with Crippen LogP contribution in [0.15, 0.2) is 48.5 Å². The quantitative estimate of drug-likeness (QED) is 0.613. The number of carbonyl (C=O) groups excluding carboxylic acids is 4. The van der Waals surface area contributed by atoms with Crippen LogP contribution in [0.2, 0.25) is 0 Å². The van der Waals surface area contributed by atoms with Crippen molar-refractivity contribution in [2.45, 2.75) is 6.92 Å². The topological polar surface area (TPSA) is 102 Å². The van der Waals surface area contributed by atoms with Gasteiger partial charge in [0.1, 0.15) is 5.75 Å². The lowest BCUT2D eigenvalue weighted by atomic mass is 10.1. The van der Waals surface area contributed by atoms with E-state index in [4.69, 9.17) is 9.47 Å². The maximum absolute atomic E-state index is 12.2. The summed E-state index contributed by atoms with van der Waals surface area (Å²) >= 11 is 0. The molecule has 2 aromatic carbocycles. The number of hydrogen-bond donors (Lipinski definition) is 1. The Bertz CT molecular complexity index is 872. The molecule has 0 bridgehead atoms. The summed E-state index contributed by atoms with van der Waals surface area (Å²) in [7, 11) is 0. The Kier molecular flexibility index (Phi) is 5.16. The number of carbonyl (C=O) groups is 4. The van der Waals surface area contributed by atoms with E-state index in [1.165, 1.54) is 36.4 Å². The summed E-state index contributed by atoms with van der Waals surface area (Å²) in [6.07, 6.45) is 0.